The predicted molar refractivity (Wildman–Crippen MR) is 101 cm³/mol. The van der Waals surface area contributed by atoms with Crippen LogP contribution in [0.2, 0.25) is 0 Å². The maximum absolute atomic E-state index is 13.0. The van der Waals surface area contributed by atoms with E-state index in [1.54, 1.807) is 24.5 Å². The van der Waals surface area contributed by atoms with Crippen LogP contribution in [-0.2, 0) is 0 Å². The van der Waals surface area contributed by atoms with Crippen molar-refractivity contribution in [3.05, 3.63) is 64.5 Å². The van der Waals surface area contributed by atoms with E-state index in [0.29, 0.717) is 31.7 Å². The van der Waals surface area contributed by atoms with Gasteiger partial charge in [0.25, 0.3) is 11.8 Å². The van der Waals surface area contributed by atoms with Gasteiger partial charge in [0.2, 0.25) is 0 Å². The monoisotopic (exact) mass is 351 g/mol. The predicted octanol–water partition coefficient (Wildman–Crippen LogP) is 3.00. The third-order valence-corrected chi connectivity index (χ3v) is 5.05. The van der Waals surface area contributed by atoms with Gasteiger partial charge in [-0.15, -0.1) is 0 Å². The van der Waals surface area contributed by atoms with Gasteiger partial charge >= 0.3 is 0 Å². The number of amides is 2. The molecule has 2 heterocycles. The maximum atomic E-state index is 13.0. The van der Waals surface area contributed by atoms with Crippen molar-refractivity contribution in [1.82, 2.24) is 14.8 Å². The summed E-state index contributed by atoms with van der Waals surface area (Å²) >= 11 is 0. The third kappa shape index (κ3) is 3.77. The second kappa shape index (κ2) is 7.68. The van der Waals surface area contributed by atoms with Gasteiger partial charge in [-0.1, -0.05) is 6.07 Å². The van der Waals surface area contributed by atoms with Crippen molar-refractivity contribution in [3.8, 4) is 0 Å². The summed E-state index contributed by atoms with van der Waals surface area (Å²) < 4.78 is 0. The van der Waals surface area contributed by atoms with Crippen LogP contribution in [0.5, 0.6) is 0 Å². The Balaban J connectivity index is 1.72. The average Bonchev–Trinajstić information content (AvgIpc) is 2.90. The van der Waals surface area contributed by atoms with E-state index >= 15 is 0 Å². The highest BCUT2D eigenvalue weighted by Crippen LogP contribution is 2.18. The topological polar surface area (TPSA) is 53.5 Å². The second-order valence-electron chi connectivity index (χ2n) is 6.93. The van der Waals surface area contributed by atoms with E-state index in [1.807, 2.05) is 29.7 Å². The van der Waals surface area contributed by atoms with Crippen LogP contribution >= 0.6 is 0 Å². The molecule has 1 aromatic heterocycles. The summed E-state index contributed by atoms with van der Waals surface area (Å²) in [5.74, 6) is 0.0380. The average molecular weight is 351 g/mol. The van der Waals surface area contributed by atoms with Crippen LogP contribution in [0.15, 0.2) is 36.7 Å². The molecule has 0 unspecified atom stereocenters. The number of benzene rings is 1. The number of carbonyl (C=O) groups excluding carboxylic acids is 2. The van der Waals surface area contributed by atoms with E-state index in [0.717, 1.165) is 23.1 Å². The molecule has 26 heavy (non-hydrogen) atoms. The molecule has 1 saturated heterocycles. The molecule has 5 heteroatoms. The van der Waals surface area contributed by atoms with E-state index in [2.05, 4.69) is 18.0 Å². The molecule has 0 radical (unpaired) electrons. The Bertz CT molecular complexity index is 818. The smallest absolute Gasteiger partial charge is 0.255 e. The molecule has 1 aliphatic heterocycles. The van der Waals surface area contributed by atoms with Crippen molar-refractivity contribution >= 4 is 11.8 Å². The number of aromatic nitrogens is 1. The molecule has 3 rings (SSSR count). The van der Waals surface area contributed by atoms with Crippen molar-refractivity contribution in [2.24, 2.45) is 0 Å². The lowest BCUT2D eigenvalue weighted by Gasteiger charge is -2.23. The summed E-state index contributed by atoms with van der Waals surface area (Å²) in [7, 11) is 0. The van der Waals surface area contributed by atoms with Gasteiger partial charge in [-0.3, -0.25) is 14.6 Å². The summed E-state index contributed by atoms with van der Waals surface area (Å²) in [6.45, 7) is 8.49. The zero-order chi connectivity index (χ0) is 18.7. The molecule has 0 N–H and O–H groups in total. The molecular formula is C21H25N3O2. The number of hydrogen-bond acceptors (Lipinski definition) is 3. The minimum atomic E-state index is -0.0187. The minimum Gasteiger partial charge on any atom is -0.337 e. The van der Waals surface area contributed by atoms with E-state index in [9.17, 15) is 9.59 Å². The van der Waals surface area contributed by atoms with Gasteiger partial charge < -0.3 is 9.80 Å². The number of nitrogens with zero attached hydrogens (tertiary/aromatic N) is 3. The van der Waals surface area contributed by atoms with Gasteiger partial charge in [0.15, 0.2) is 0 Å². The van der Waals surface area contributed by atoms with Crippen LogP contribution < -0.4 is 0 Å². The van der Waals surface area contributed by atoms with Crippen LogP contribution in [-0.4, -0.2) is 52.8 Å². The number of carbonyl (C=O) groups is 2. The fourth-order valence-electron chi connectivity index (χ4n) is 3.36. The van der Waals surface area contributed by atoms with Crippen LogP contribution in [0.3, 0.4) is 0 Å². The Kier molecular flexibility index (Phi) is 5.35. The fraction of sp³-hybridized carbons (Fsp3) is 0.381. The molecule has 0 aliphatic carbocycles. The number of rotatable bonds is 2. The Labute approximate surface area is 154 Å². The molecule has 1 aromatic carbocycles. The van der Waals surface area contributed by atoms with Gasteiger partial charge in [-0.2, -0.15) is 0 Å². The molecule has 0 saturated carbocycles. The molecule has 5 nitrogen and oxygen atoms in total. The molecule has 1 aliphatic rings. The summed E-state index contributed by atoms with van der Waals surface area (Å²) in [5, 5.41) is 0. The Morgan fingerprint density at radius 3 is 2.19 bits per heavy atom. The first-order chi connectivity index (χ1) is 12.5. The Morgan fingerprint density at radius 1 is 0.885 bits per heavy atom. The lowest BCUT2D eigenvalue weighted by molar-refractivity contribution is 0.0718. The molecule has 0 bridgehead atoms. The number of hydrogen-bond donors (Lipinski definition) is 0. The maximum Gasteiger partial charge on any atom is 0.255 e. The standard InChI is InChI=1S/C21H25N3O2/c1-15-12-17(3)19(13-16(15)2)21(26)24-9-5-8-23(10-11-24)20(25)18-6-4-7-22-14-18/h4,6-7,12-14H,5,8-11H2,1-3H3. The van der Waals surface area contributed by atoms with Gasteiger partial charge in [-0.05, 0) is 62.1 Å². The Morgan fingerprint density at radius 2 is 1.54 bits per heavy atom. The van der Waals surface area contributed by atoms with Gasteiger partial charge in [-0.25, -0.2) is 0 Å². The second-order valence-corrected chi connectivity index (χ2v) is 6.93. The van der Waals surface area contributed by atoms with Crippen molar-refractivity contribution in [1.29, 1.82) is 0 Å². The van der Waals surface area contributed by atoms with Gasteiger partial charge in [0, 0.05) is 44.1 Å². The lowest BCUT2D eigenvalue weighted by atomic mass is 10.00. The first-order valence-corrected chi connectivity index (χ1v) is 9.04. The van der Waals surface area contributed by atoms with Crippen LogP contribution in [0.4, 0.5) is 0 Å². The minimum absolute atomic E-state index is 0.0187. The Hall–Kier alpha value is -2.69. The fourth-order valence-corrected chi connectivity index (χ4v) is 3.36. The van der Waals surface area contributed by atoms with Crippen molar-refractivity contribution < 1.29 is 9.59 Å². The highest BCUT2D eigenvalue weighted by atomic mass is 16.2. The largest absolute Gasteiger partial charge is 0.337 e. The van der Waals surface area contributed by atoms with Gasteiger partial charge in [0.1, 0.15) is 0 Å². The van der Waals surface area contributed by atoms with E-state index in [1.165, 1.54) is 5.56 Å². The molecular weight excluding hydrogens is 326 g/mol. The normalized spacial score (nSPS) is 14.9. The van der Waals surface area contributed by atoms with Crippen LogP contribution in [0.25, 0.3) is 0 Å². The van der Waals surface area contributed by atoms with E-state index in [4.69, 9.17) is 0 Å². The molecule has 1 fully saturated rings. The summed E-state index contributed by atoms with van der Waals surface area (Å²) in [6, 6.07) is 7.60. The highest BCUT2D eigenvalue weighted by molar-refractivity contribution is 5.96. The van der Waals surface area contributed by atoms with Crippen molar-refractivity contribution in [2.75, 3.05) is 26.2 Å². The first-order valence-electron chi connectivity index (χ1n) is 9.04. The van der Waals surface area contributed by atoms with Crippen molar-refractivity contribution in [2.45, 2.75) is 27.2 Å². The molecule has 2 aromatic rings. The van der Waals surface area contributed by atoms with Crippen LogP contribution in [0, 0.1) is 20.8 Å². The third-order valence-electron chi connectivity index (χ3n) is 5.05. The zero-order valence-corrected chi connectivity index (χ0v) is 15.7. The summed E-state index contributed by atoms with van der Waals surface area (Å²) in [5.41, 5.74) is 4.69. The molecule has 136 valence electrons. The van der Waals surface area contributed by atoms with Gasteiger partial charge in [0.05, 0.1) is 5.56 Å². The lowest BCUT2D eigenvalue weighted by Crippen LogP contribution is -2.37. The van der Waals surface area contributed by atoms with Crippen LogP contribution in [0.1, 0.15) is 43.8 Å². The summed E-state index contributed by atoms with van der Waals surface area (Å²) in [4.78, 5) is 33.3. The SMILES string of the molecule is Cc1cc(C)c(C(=O)N2CCCN(C(=O)c3cccnc3)CC2)cc1C. The molecule has 2 amide bonds. The molecule has 0 spiro atoms. The van der Waals surface area contributed by atoms with E-state index < -0.39 is 0 Å². The van der Waals surface area contributed by atoms with Crippen molar-refractivity contribution in [3.63, 3.8) is 0 Å². The number of aryl methyl sites for hydroxylation is 3. The highest BCUT2D eigenvalue weighted by Gasteiger charge is 2.24. The zero-order valence-electron chi connectivity index (χ0n) is 15.7. The van der Waals surface area contributed by atoms with E-state index in [-0.39, 0.29) is 11.8 Å². The quantitative estimate of drug-likeness (QED) is 0.836. The molecule has 0 atom stereocenters. The summed E-state index contributed by atoms with van der Waals surface area (Å²) in [6.07, 6.45) is 4.03. The first kappa shape index (κ1) is 18.1. The number of pyridine rings is 1.